The summed E-state index contributed by atoms with van der Waals surface area (Å²) in [5.41, 5.74) is 10.0. The molecule has 0 bridgehead atoms. The van der Waals surface area contributed by atoms with Gasteiger partial charge in [0.15, 0.2) is 0 Å². The van der Waals surface area contributed by atoms with Crippen LogP contribution in [-0.4, -0.2) is 44.0 Å². The fourth-order valence-corrected chi connectivity index (χ4v) is 4.07. The molecule has 0 saturated heterocycles. The van der Waals surface area contributed by atoms with Crippen molar-refractivity contribution in [3.8, 4) is 17.2 Å². The van der Waals surface area contributed by atoms with Crippen LogP contribution in [0, 0.1) is 17.2 Å². The molecule has 0 aliphatic heterocycles. The largest absolute Gasteiger partial charge is 0.368 e. The van der Waals surface area contributed by atoms with Crippen molar-refractivity contribution in [2.75, 3.05) is 32.1 Å². The third-order valence-corrected chi connectivity index (χ3v) is 5.44. The van der Waals surface area contributed by atoms with Gasteiger partial charge in [-0.2, -0.15) is 5.26 Å². The monoisotopic (exact) mass is 398 g/mol. The van der Waals surface area contributed by atoms with Crippen molar-refractivity contribution in [2.24, 2.45) is 11.7 Å². The first-order valence-corrected chi connectivity index (χ1v) is 10.5. The van der Waals surface area contributed by atoms with E-state index >= 15 is 0 Å². The van der Waals surface area contributed by atoms with Crippen LogP contribution in [0.1, 0.15) is 25.8 Å². The molecule has 1 amide bonds. The number of amides is 1. The lowest BCUT2D eigenvalue weighted by Crippen LogP contribution is -2.46. The zero-order valence-electron chi connectivity index (χ0n) is 17.2. The predicted molar refractivity (Wildman–Crippen MR) is 117 cm³/mol. The van der Waals surface area contributed by atoms with Crippen molar-refractivity contribution in [2.45, 2.75) is 32.7 Å². The molecular formula is C22H30N4OS. The van der Waals surface area contributed by atoms with Gasteiger partial charge in [0.05, 0.1) is 11.8 Å². The lowest BCUT2D eigenvalue weighted by molar-refractivity contribution is -0.119. The molecule has 6 heteroatoms. The number of hydrogen-bond donors (Lipinski definition) is 1. The van der Waals surface area contributed by atoms with Gasteiger partial charge in [0.25, 0.3) is 0 Å². The number of nitrogens with two attached hydrogens (primary N) is 1. The van der Waals surface area contributed by atoms with Gasteiger partial charge >= 0.3 is 0 Å². The summed E-state index contributed by atoms with van der Waals surface area (Å²) >= 11 is 1.57. The zero-order chi connectivity index (χ0) is 20.7. The number of nitriles is 1. The lowest BCUT2D eigenvalue weighted by Gasteiger charge is -2.31. The summed E-state index contributed by atoms with van der Waals surface area (Å²) in [7, 11) is 4.14. The first-order chi connectivity index (χ1) is 13.3. The highest BCUT2D eigenvalue weighted by atomic mass is 32.1. The Hall–Kier alpha value is -2.36. The highest BCUT2D eigenvalue weighted by Gasteiger charge is 2.27. The number of nitrogens with zero attached hydrogens (tertiary/aromatic N) is 3. The van der Waals surface area contributed by atoms with Gasteiger partial charge in [-0.05, 0) is 44.0 Å². The van der Waals surface area contributed by atoms with Crippen LogP contribution in [0.25, 0.3) is 11.1 Å². The third kappa shape index (κ3) is 5.82. The summed E-state index contributed by atoms with van der Waals surface area (Å²) in [4.78, 5) is 16.2. The number of carbonyl (C=O) groups is 1. The molecule has 2 N–H and O–H groups in total. The zero-order valence-corrected chi connectivity index (χ0v) is 18.0. The number of benzene rings is 1. The van der Waals surface area contributed by atoms with Crippen LogP contribution in [0.3, 0.4) is 0 Å². The molecule has 0 fully saturated rings. The van der Waals surface area contributed by atoms with Crippen LogP contribution in [0.2, 0.25) is 0 Å². The molecular weight excluding hydrogens is 368 g/mol. The fourth-order valence-electron chi connectivity index (χ4n) is 3.22. The number of likely N-dealkylation sites (N-methyl/N-ethyl adjacent to an activating group) is 1. The summed E-state index contributed by atoms with van der Waals surface area (Å²) in [5.74, 6) is -0.0862. The smallest absolute Gasteiger partial charge is 0.240 e. The van der Waals surface area contributed by atoms with E-state index in [-0.39, 0.29) is 12.5 Å². The first kappa shape index (κ1) is 21.9. The van der Waals surface area contributed by atoms with Gasteiger partial charge in [0, 0.05) is 22.9 Å². The summed E-state index contributed by atoms with van der Waals surface area (Å²) < 4.78 is 0. The fraction of sp³-hybridized carbons (Fsp3) is 0.455. The molecule has 0 unspecified atom stereocenters. The van der Waals surface area contributed by atoms with E-state index in [0.29, 0.717) is 12.3 Å². The third-order valence-electron chi connectivity index (χ3n) is 4.70. The minimum absolute atomic E-state index is 0.130. The van der Waals surface area contributed by atoms with Gasteiger partial charge in [-0.1, -0.05) is 38.1 Å². The normalized spacial score (nSPS) is 12.2. The number of thiophene rings is 1. The molecule has 1 atom stereocenters. The van der Waals surface area contributed by atoms with Crippen LogP contribution >= 0.6 is 11.3 Å². The summed E-state index contributed by atoms with van der Waals surface area (Å²) in [5, 5.41) is 13.4. The Morgan fingerprint density at radius 3 is 2.43 bits per heavy atom. The number of carbonyl (C=O) groups excluding carboxylic acids is 1. The van der Waals surface area contributed by atoms with E-state index < -0.39 is 6.04 Å². The van der Waals surface area contributed by atoms with Crippen molar-refractivity contribution >= 4 is 22.9 Å². The Balaban J connectivity index is 2.33. The number of anilines is 1. The Labute approximate surface area is 172 Å². The number of rotatable bonds is 10. The van der Waals surface area contributed by atoms with Crippen LogP contribution in [0.15, 0.2) is 35.0 Å². The Kier molecular flexibility index (Phi) is 8.04. The van der Waals surface area contributed by atoms with Crippen LogP contribution in [0.4, 0.5) is 5.69 Å². The van der Waals surface area contributed by atoms with Crippen molar-refractivity contribution in [3.05, 3.63) is 40.6 Å². The van der Waals surface area contributed by atoms with E-state index in [0.717, 1.165) is 29.8 Å². The quantitative estimate of drug-likeness (QED) is 0.619. The highest BCUT2D eigenvalue weighted by molar-refractivity contribution is 7.08. The average molecular weight is 399 g/mol. The Morgan fingerprint density at radius 1 is 1.21 bits per heavy atom. The van der Waals surface area contributed by atoms with Gasteiger partial charge in [-0.15, -0.1) is 11.3 Å². The van der Waals surface area contributed by atoms with Gasteiger partial charge < -0.3 is 15.5 Å². The van der Waals surface area contributed by atoms with Gasteiger partial charge in [0.1, 0.15) is 12.6 Å². The Morgan fingerprint density at radius 2 is 1.89 bits per heavy atom. The standard InChI is InChI=1S/C22H30N4OS/c1-16(2)13-20(22(24)27)26(12-10-23)21-15-28-14-19(21)18-7-5-17(6-8-18)9-11-25(3)4/h5-8,14-16,20H,9,11-13H2,1-4H3,(H2,24,27)/t20-/m0/s1. The molecule has 0 radical (unpaired) electrons. The van der Waals surface area contributed by atoms with E-state index in [4.69, 9.17) is 5.73 Å². The average Bonchev–Trinajstić information content (AvgIpc) is 3.12. The second-order valence-electron chi connectivity index (χ2n) is 7.75. The molecule has 1 heterocycles. The SMILES string of the molecule is CC(C)C[C@@H](C(N)=O)N(CC#N)c1cscc1-c1ccc(CCN(C)C)cc1. The number of hydrogen-bond acceptors (Lipinski definition) is 5. The van der Waals surface area contributed by atoms with E-state index in [1.54, 1.807) is 11.3 Å². The molecule has 1 aromatic carbocycles. The molecule has 28 heavy (non-hydrogen) atoms. The van der Waals surface area contributed by atoms with E-state index in [1.807, 2.05) is 10.3 Å². The van der Waals surface area contributed by atoms with Crippen LogP contribution in [-0.2, 0) is 11.2 Å². The summed E-state index contributed by atoms with van der Waals surface area (Å²) in [6.45, 7) is 5.25. The van der Waals surface area contributed by atoms with Crippen LogP contribution < -0.4 is 10.6 Å². The van der Waals surface area contributed by atoms with Crippen molar-refractivity contribution in [1.29, 1.82) is 5.26 Å². The van der Waals surface area contributed by atoms with Crippen molar-refractivity contribution in [3.63, 3.8) is 0 Å². The molecule has 0 spiro atoms. The number of primary amides is 1. The summed E-state index contributed by atoms with van der Waals surface area (Å²) in [6, 6.07) is 10.2. The molecule has 0 saturated carbocycles. The minimum atomic E-state index is -0.493. The maximum atomic E-state index is 12.1. The maximum absolute atomic E-state index is 12.1. The van der Waals surface area contributed by atoms with Crippen molar-refractivity contribution in [1.82, 2.24) is 4.90 Å². The molecule has 1 aromatic heterocycles. The molecule has 150 valence electrons. The topological polar surface area (TPSA) is 73.4 Å². The van der Waals surface area contributed by atoms with Gasteiger partial charge in [-0.3, -0.25) is 4.79 Å². The molecule has 5 nitrogen and oxygen atoms in total. The molecule has 2 rings (SSSR count). The second-order valence-corrected chi connectivity index (χ2v) is 8.50. The molecule has 0 aliphatic carbocycles. The predicted octanol–water partition coefficient (Wildman–Crippen LogP) is 3.75. The van der Waals surface area contributed by atoms with Crippen LogP contribution in [0.5, 0.6) is 0 Å². The molecule has 2 aromatic rings. The Bertz CT molecular complexity index is 805. The van der Waals surface area contributed by atoms with Crippen molar-refractivity contribution < 1.29 is 4.79 Å². The second kappa shape index (κ2) is 10.3. The van der Waals surface area contributed by atoms with E-state index in [2.05, 4.69) is 68.6 Å². The van der Waals surface area contributed by atoms with Gasteiger partial charge in [-0.25, -0.2) is 0 Å². The van der Waals surface area contributed by atoms with E-state index in [9.17, 15) is 10.1 Å². The van der Waals surface area contributed by atoms with Gasteiger partial charge in [0.2, 0.25) is 5.91 Å². The molecule has 0 aliphatic rings. The first-order valence-electron chi connectivity index (χ1n) is 9.56. The van der Waals surface area contributed by atoms with E-state index in [1.165, 1.54) is 5.56 Å². The maximum Gasteiger partial charge on any atom is 0.240 e. The highest BCUT2D eigenvalue weighted by Crippen LogP contribution is 2.36. The summed E-state index contributed by atoms with van der Waals surface area (Å²) in [6.07, 6.45) is 1.62. The minimum Gasteiger partial charge on any atom is -0.368 e. The lowest BCUT2D eigenvalue weighted by atomic mass is 9.99.